The Kier molecular flexibility index (Phi) is 3.58. The van der Waals surface area contributed by atoms with Crippen molar-refractivity contribution in [2.75, 3.05) is 13.1 Å². The summed E-state index contributed by atoms with van der Waals surface area (Å²) in [5, 5.41) is 3.20. The number of ether oxygens (including phenoxy) is 1. The van der Waals surface area contributed by atoms with Crippen molar-refractivity contribution in [2.24, 2.45) is 5.73 Å². The first-order valence-electron chi connectivity index (χ1n) is 5.63. The monoisotopic (exact) mass is 238 g/mol. The Labute approximate surface area is 98.9 Å². The molecule has 0 bridgehead atoms. The Morgan fingerprint density at radius 1 is 1.53 bits per heavy atom. The van der Waals surface area contributed by atoms with Gasteiger partial charge in [0.25, 0.3) is 5.91 Å². The molecule has 0 spiro atoms. The predicted octanol–water partition coefficient (Wildman–Crippen LogP) is 1.06. The number of carbonyl (C=O) groups excluding carboxylic acids is 1. The van der Waals surface area contributed by atoms with Gasteiger partial charge in [-0.25, -0.2) is 4.39 Å². The van der Waals surface area contributed by atoms with E-state index in [-0.39, 0.29) is 11.7 Å². The van der Waals surface area contributed by atoms with E-state index in [0.717, 1.165) is 32.0 Å². The molecule has 0 saturated carbocycles. The Hall–Kier alpha value is -1.62. The van der Waals surface area contributed by atoms with E-state index >= 15 is 0 Å². The van der Waals surface area contributed by atoms with Crippen molar-refractivity contribution in [2.45, 2.75) is 18.9 Å². The molecule has 1 amide bonds. The van der Waals surface area contributed by atoms with Gasteiger partial charge in [0.15, 0.2) is 0 Å². The average molecular weight is 238 g/mol. The molecule has 1 aromatic carbocycles. The quantitative estimate of drug-likeness (QED) is 0.827. The lowest BCUT2D eigenvalue weighted by molar-refractivity contribution is 0.0989. The Morgan fingerprint density at radius 3 is 3.00 bits per heavy atom. The molecule has 2 rings (SSSR count). The molecule has 1 unspecified atom stereocenters. The van der Waals surface area contributed by atoms with Crippen LogP contribution in [-0.4, -0.2) is 25.1 Å². The number of benzene rings is 1. The lowest BCUT2D eigenvalue weighted by atomic mass is 10.1. The zero-order valence-corrected chi connectivity index (χ0v) is 9.41. The lowest BCUT2D eigenvalue weighted by Crippen LogP contribution is -2.37. The first kappa shape index (κ1) is 11.9. The van der Waals surface area contributed by atoms with Gasteiger partial charge in [0.2, 0.25) is 0 Å². The van der Waals surface area contributed by atoms with Gasteiger partial charge in [-0.15, -0.1) is 0 Å². The first-order chi connectivity index (χ1) is 8.16. The molecule has 1 aliphatic heterocycles. The molecule has 1 saturated heterocycles. The number of carbonyl (C=O) groups is 1. The van der Waals surface area contributed by atoms with E-state index in [0.29, 0.717) is 5.75 Å². The number of piperidine rings is 1. The smallest absolute Gasteiger partial charge is 0.252 e. The summed E-state index contributed by atoms with van der Waals surface area (Å²) in [6.45, 7) is 1.71. The van der Waals surface area contributed by atoms with E-state index in [9.17, 15) is 9.18 Å². The average Bonchev–Trinajstić information content (AvgIpc) is 2.32. The summed E-state index contributed by atoms with van der Waals surface area (Å²) in [7, 11) is 0. The summed E-state index contributed by atoms with van der Waals surface area (Å²) >= 11 is 0. The second kappa shape index (κ2) is 5.14. The topological polar surface area (TPSA) is 64.4 Å². The van der Waals surface area contributed by atoms with Gasteiger partial charge in [0, 0.05) is 6.54 Å². The number of hydrogen-bond acceptors (Lipinski definition) is 3. The van der Waals surface area contributed by atoms with Crippen molar-refractivity contribution in [3.63, 3.8) is 0 Å². The molecule has 1 heterocycles. The number of rotatable bonds is 3. The Bertz CT molecular complexity index is 417. The fourth-order valence-corrected chi connectivity index (χ4v) is 1.90. The van der Waals surface area contributed by atoms with Gasteiger partial charge < -0.3 is 15.8 Å². The van der Waals surface area contributed by atoms with Crippen LogP contribution in [0, 0.1) is 5.82 Å². The molecule has 1 fully saturated rings. The predicted molar refractivity (Wildman–Crippen MR) is 61.4 cm³/mol. The van der Waals surface area contributed by atoms with Crippen molar-refractivity contribution in [1.82, 2.24) is 5.32 Å². The van der Waals surface area contributed by atoms with E-state index in [1.165, 1.54) is 12.1 Å². The molecule has 17 heavy (non-hydrogen) atoms. The zero-order chi connectivity index (χ0) is 12.3. The van der Waals surface area contributed by atoms with Gasteiger partial charge in [-0.1, -0.05) is 0 Å². The highest BCUT2D eigenvalue weighted by atomic mass is 19.1. The van der Waals surface area contributed by atoms with Crippen molar-refractivity contribution < 1.29 is 13.9 Å². The highest BCUT2D eigenvalue weighted by Gasteiger charge is 2.18. The third-order valence-electron chi connectivity index (χ3n) is 2.75. The van der Waals surface area contributed by atoms with Gasteiger partial charge in [-0.3, -0.25) is 4.79 Å². The van der Waals surface area contributed by atoms with E-state index in [4.69, 9.17) is 10.5 Å². The van der Waals surface area contributed by atoms with Crippen LogP contribution in [0.25, 0.3) is 0 Å². The molecule has 0 aromatic heterocycles. The van der Waals surface area contributed by atoms with Gasteiger partial charge in [0.05, 0.1) is 5.56 Å². The van der Waals surface area contributed by atoms with Crippen molar-refractivity contribution in [3.05, 3.63) is 29.6 Å². The number of halogens is 1. The van der Waals surface area contributed by atoms with Crippen molar-refractivity contribution >= 4 is 5.91 Å². The largest absolute Gasteiger partial charge is 0.488 e. The summed E-state index contributed by atoms with van der Waals surface area (Å²) in [6.07, 6.45) is 1.95. The van der Waals surface area contributed by atoms with Crippen LogP contribution in [0.1, 0.15) is 23.2 Å². The third kappa shape index (κ3) is 2.94. The van der Waals surface area contributed by atoms with Crippen LogP contribution in [0.4, 0.5) is 4.39 Å². The maximum atomic E-state index is 13.0. The van der Waals surface area contributed by atoms with Gasteiger partial charge >= 0.3 is 0 Å². The molecule has 5 heteroatoms. The standard InChI is InChI=1S/C12H15FN2O2/c13-8-3-4-11(10(6-8)12(14)16)17-9-2-1-5-15-7-9/h3-4,6,9,15H,1-2,5,7H2,(H2,14,16). The molecule has 1 atom stereocenters. The molecule has 1 aromatic rings. The summed E-state index contributed by atoms with van der Waals surface area (Å²) in [6, 6.07) is 3.82. The van der Waals surface area contributed by atoms with Crippen molar-refractivity contribution in [1.29, 1.82) is 0 Å². The molecule has 0 aliphatic carbocycles. The van der Waals surface area contributed by atoms with Crippen LogP contribution in [0.5, 0.6) is 5.75 Å². The van der Waals surface area contributed by atoms with Crippen LogP contribution in [-0.2, 0) is 0 Å². The maximum Gasteiger partial charge on any atom is 0.252 e. The van der Waals surface area contributed by atoms with E-state index in [2.05, 4.69) is 5.32 Å². The fourth-order valence-electron chi connectivity index (χ4n) is 1.90. The van der Waals surface area contributed by atoms with E-state index in [1.54, 1.807) is 0 Å². The second-order valence-corrected chi connectivity index (χ2v) is 4.09. The number of hydrogen-bond donors (Lipinski definition) is 2. The summed E-state index contributed by atoms with van der Waals surface area (Å²) < 4.78 is 18.7. The molecule has 3 N–H and O–H groups in total. The van der Waals surface area contributed by atoms with E-state index in [1.807, 2.05) is 0 Å². The van der Waals surface area contributed by atoms with Crippen LogP contribution < -0.4 is 15.8 Å². The zero-order valence-electron chi connectivity index (χ0n) is 9.41. The van der Waals surface area contributed by atoms with Crippen LogP contribution >= 0.6 is 0 Å². The highest BCUT2D eigenvalue weighted by Crippen LogP contribution is 2.22. The number of nitrogens with one attached hydrogen (secondary N) is 1. The van der Waals surface area contributed by atoms with Gasteiger partial charge in [-0.05, 0) is 37.6 Å². The minimum absolute atomic E-state index is 0.00677. The SMILES string of the molecule is NC(=O)c1cc(F)ccc1OC1CCCNC1. The van der Waals surface area contributed by atoms with Gasteiger partial charge in [-0.2, -0.15) is 0 Å². The fraction of sp³-hybridized carbons (Fsp3) is 0.417. The van der Waals surface area contributed by atoms with Crippen molar-refractivity contribution in [3.8, 4) is 5.75 Å². The second-order valence-electron chi connectivity index (χ2n) is 4.09. The molecule has 4 nitrogen and oxygen atoms in total. The normalized spacial score (nSPS) is 19.9. The van der Waals surface area contributed by atoms with Crippen LogP contribution in [0.3, 0.4) is 0 Å². The summed E-state index contributed by atoms with van der Waals surface area (Å²) in [5.41, 5.74) is 5.28. The number of amides is 1. The molecular weight excluding hydrogens is 223 g/mol. The summed E-state index contributed by atoms with van der Waals surface area (Å²) in [5.74, 6) is -0.816. The minimum atomic E-state index is -0.678. The minimum Gasteiger partial charge on any atom is -0.488 e. The van der Waals surface area contributed by atoms with Gasteiger partial charge in [0.1, 0.15) is 17.7 Å². The molecule has 92 valence electrons. The number of primary amides is 1. The van der Waals surface area contributed by atoms with E-state index < -0.39 is 11.7 Å². The highest BCUT2D eigenvalue weighted by molar-refractivity contribution is 5.95. The molecule has 0 radical (unpaired) electrons. The third-order valence-corrected chi connectivity index (χ3v) is 2.75. The first-order valence-corrected chi connectivity index (χ1v) is 5.63. The lowest BCUT2D eigenvalue weighted by Gasteiger charge is -2.24. The summed E-state index contributed by atoms with van der Waals surface area (Å²) in [4.78, 5) is 11.2. The Balaban J connectivity index is 2.16. The van der Waals surface area contributed by atoms with Crippen LogP contribution in [0.15, 0.2) is 18.2 Å². The molecule has 1 aliphatic rings. The molecular formula is C12H15FN2O2. The number of nitrogens with two attached hydrogens (primary N) is 1. The Morgan fingerprint density at radius 2 is 2.35 bits per heavy atom. The van der Waals surface area contributed by atoms with Crippen LogP contribution in [0.2, 0.25) is 0 Å². The maximum absolute atomic E-state index is 13.0.